The lowest BCUT2D eigenvalue weighted by Gasteiger charge is -2.22. The fraction of sp³-hybridized carbons (Fsp3) is 0.880. The number of unbranched alkanes of at least 4 members (excludes halogenated alkanes) is 23. The first-order valence-electron chi connectivity index (χ1n) is 26.7. The summed E-state index contributed by atoms with van der Waals surface area (Å²) in [5.74, 6) is 0. The molecule has 0 radical (unpaired) electrons. The summed E-state index contributed by atoms with van der Waals surface area (Å²) < 4.78 is 10.5. The van der Waals surface area contributed by atoms with Crippen LogP contribution in [0, 0.1) is 0 Å². The molecule has 0 heterocycles. The number of ether oxygens (including phenoxy) is 2. The van der Waals surface area contributed by atoms with Gasteiger partial charge < -0.3 is 41.4 Å². The van der Waals surface area contributed by atoms with E-state index in [2.05, 4.69) is 59.6 Å². The van der Waals surface area contributed by atoms with Crippen molar-refractivity contribution in [3.05, 3.63) is 0 Å². The summed E-state index contributed by atoms with van der Waals surface area (Å²) in [6.07, 6.45) is 28.2. The molecule has 0 fully saturated rings. The summed E-state index contributed by atoms with van der Waals surface area (Å²) in [6, 6.07) is -1.37. The molecule has 0 saturated heterocycles. The maximum absolute atomic E-state index is 12.9. The summed E-state index contributed by atoms with van der Waals surface area (Å²) >= 11 is 0. The molecule has 0 bridgehead atoms. The first kappa shape index (κ1) is 62.0. The van der Waals surface area contributed by atoms with Crippen LogP contribution in [-0.2, 0) is 9.47 Å². The number of rotatable bonds is 43. The quantitative estimate of drug-likeness (QED) is 0.0324. The minimum absolute atomic E-state index is 0.215. The third-order valence-electron chi connectivity index (χ3n) is 11.4. The largest absolute Gasteiger partial charge is 0.450 e. The molecular weight excluding hydrogens is 841 g/mol. The van der Waals surface area contributed by atoms with Crippen LogP contribution in [0.5, 0.6) is 0 Å². The maximum Gasteiger partial charge on any atom is 0.407 e. The smallest absolute Gasteiger partial charge is 0.407 e. The number of nitrogens with zero attached hydrogens (tertiary/aromatic N) is 2. The lowest BCUT2D eigenvalue weighted by molar-refractivity contribution is 0.128. The van der Waals surface area contributed by atoms with Gasteiger partial charge in [0.05, 0.1) is 13.2 Å². The van der Waals surface area contributed by atoms with Crippen LogP contribution in [0.4, 0.5) is 28.8 Å². The predicted octanol–water partition coefficient (Wildman–Crippen LogP) is 11.7. The Hall–Kier alpha value is -3.98. The number of carbonyl (C=O) groups excluding carboxylic acids is 6. The second kappa shape index (κ2) is 47.5. The van der Waals surface area contributed by atoms with Gasteiger partial charge in [0.1, 0.15) is 0 Å². The van der Waals surface area contributed by atoms with Crippen LogP contribution in [0.15, 0.2) is 0 Å². The van der Waals surface area contributed by atoms with Crippen molar-refractivity contribution in [1.29, 1.82) is 0 Å². The number of imide groups is 2. The molecular formula is C50H98N8O8. The Labute approximate surface area is 401 Å². The molecule has 0 rings (SSSR count). The van der Waals surface area contributed by atoms with E-state index in [1.807, 2.05) is 0 Å². The maximum atomic E-state index is 12.9. The molecule has 0 spiro atoms. The number of urea groups is 4. The second-order valence-electron chi connectivity index (χ2n) is 17.5. The second-order valence-corrected chi connectivity index (χ2v) is 17.5. The molecule has 0 saturated carbocycles. The van der Waals surface area contributed by atoms with E-state index in [0.717, 1.165) is 116 Å². The molecule has 66 heavy (non-hydrogen) atoms. The zero-order valence-corrected chi connectivity index (χ0v) is 42.4. The molecule has 0 unspecified atom stereocenters. The molecule has 0 aromatic rings. The number of nitrogens with one attached hydrogen (secondary N) is 6. The number of carbonyl (C=O) groups is 6. The molecule has 0 aliphatic carbocycles. The summed E-state index contributed by atoms with van der Waals surface area (Å²) in [5.41, 5.74) is 0. The topological polar surface area (TPSA) is 200 Å². The van der Waals surface area contributed by atoms with Gasteiger partial charge in [-0.1, -0.05) is 156 Å². The monoisotopic (exact) mass is 939 g/mol. The number of hydrogen-bond donors (Lipinski definition) is 6. The molecule has 0 aromatic heterocycles. The van der Waals surface area contributed by atoms with Crippen molar-refractivity contribution in [2.75, 3.05) is 65.6 Å². The Kier molecular flexibility index (Phi) is 44.6. The first-order valence-corrected chi connectivity index (χ1v) is 26.7. The Morgan fingerprint density at radius 1 is 0.288 bits per heavy atom. The van der Waals surface area contributed by atoms with Crippen LogP contribution < -0.4 is 31.9 Å². The van der Waals surface area contributed by atoms with Gasteiger partial charge in [0, 0.05) is 52.4 Å². The van der Waals surface area contributed by atoms with Gasteiger partial charge in [0.25, 0.3) is 0 Å². The molecule has 0 aliphatic heterocycles. The molecule has 10 amide bonds. The van der Waals surface area contributed by atoms with E-state index in [0.29, 0.717) is 78.0 Å². The van der Waals surface area contributed by atoms with Crippen molar-refractivity contribution < 1.29 is 38.2 Å². The van der Waals surface area contributed by atoms with Gasteiger partial charge in [-0.2, -0.15) is 0 Å². The number of alkyl carbamates (subject to hydrolysis) is 2. The SMILES string of the molecule is CCCCCCCNC(=O)N(CCCCCCNC(=O)OCCCCOC(=O)NCCCCCCN(C(=O)NCCCCCCC)C(=O)NCCCCCCC)C(=O)NCCCCCCC. The lowest BCUT2D eigenvalue weighted by atomic mass is 10.1. The highest BCUT2D eigenvalue weighted by molar-refractivity contribution is 5.94. The van der Waals surface area contributed by atoms with E-state index in [4.69, 9.17) is 9.47 Å². The highest BCUT2D eigenvalue weighted by Crippen LogP contribution is 2.08. The van der Waals surface area contributed by atoms with Crippen molar-refractivity contribution in [2.24, 2.45) is 0 Å². The highest BCUT2D eigenvalue weighted by atomic mass is 16.6. The molecule has 0 atom stereocenters. The summed E-state index contributed by atoms with van der Waals surface area (Å²) in [7, 11) is 0. The van der Waals surface area contributed by atoms with Gasteiger partial charge in [-0.15, -0.1) is 0 Å². The van der Waals surface area contributed by atoms with Crippen molar-refractivity contribution >= 4 is 36.3 Å². The van der Waals surface area contributed by atoms with Crippen molar-refractivity contribution in [1.82, 2.24) is 41.7 Å². The first-order chi connectivity index (χ1) is 32.2. The molecule has 0 aliphatic rings. The minimum Gasteiger partial charge on any atom is -0.450 e. The fourth-order valence-corrected chi connectivity index (χ4v) is 7.18. The van der Waals surface area contributed by atoms with Gasteiger partial charge in [-0.25, -0.2) is 38.6 Å². The van der Waals surface area contributed by atoms with Crippen LogP contribution in [0.25, 0.3) is 0 Å². The molecule has 16 nitrogen and oxygen atoms in total. The van der Waals surface area contributed by atoms with Crippen LogP contribution in [0.2, 0.25) is 0 Å². The van der Waals surface area contributed by atoms with Gasteiger partial charge in [-0.3, -0.25) is 0 Å². The van der Waals surface area contributed by atoms with E-state index < -0.39 is 12.2 Å². The molecule has 386 valence electrons. The van der Waals surface area contributed by atoms with E-state index in [1.165, 1.54) is 61.2 Å². The fourth-order valence-electron chi connectivity index (χ4n) is 7.18. The lowest BCUT2D eigenvalue weighted by Crippen LogP contribution is -2.49. The van der Waals surface area contributed by atoms with E-state index >= 15 is 0 Å². The van der Waals surface area contributed by atoms with Gasteiger partial charge >= 0.3 is 36.3 Å². The molecule has 6 N–H and O–H groups in total. The van der Waals surface area contributed by atoms with E-state index in [1.54, 1.807) is 0 Å². The summed E-state index contributed by atoms with van der Waals surface area (Å²) in [6.45, 7) is 13.0. The third kappa shape index (κ3) is 39.2. The summed E-state index contributed by atoms with van der Waals surface area (Å²) in [4.78, 5) is 78.5. The predicted molar refractivity (Wildman–Crippen MR) is 267 cm³/mol. The van der Waals surface area contributed by atoms with Crippen LogP contribution in [0.3, 0.4) is 0 Å². The van der Waals surface area contributed by atoms with Crippen LogP contribution in [-0.4, -0.2) is 112 Å². The highest BCUT2D eigenvalue weighted by Gasteiger charge is 2.21. The Balaban J connectivity index is 4.19. The third-order valence-corrected chi connectivity index (χ3v) is 11.4. The van der Waals surface area contributed by atoms with Gasteiger partial charge in [0.15, 0.2) is 0 Å². The minimum atomic E-state index is -0.488. The average molecular weight is 939 g/mol. The number of amides is 10. The van der Waals surface area contributed by atoms with Crippen molar-refractivity contribution in [3.63, 3.8) is 0 Å². The van der Waals surface area contributed by atoms with Gasteiger partial charge in [-0.05, 0) is 64.2 Å². The van der Waals surface area contributed by atoms with Crippen molar-refractivity contribution in [2.45, 2.75) is 220 Å². The Morgan fingerprint density at radius 3 is 0.773 bits per heavy atom. The standard InChI is InChI=1S/C50H98N8O8/c1-5-9-13-17-25-35-51-45(59)57(46(60)52-36-26-18-14-10-6-2)41-31-23-21-29-39-55-49(63)65-43-33-34-44-66-50(64)56-40-30-22-24-32-42-58(47(61)53-37-27-19-15-11-7-3)48(62)54-38-28-20-16-12-8-4/h5-44H2,1-4H3,(H,51,59)(H,52,60)(H,53,61)(H,54,62)(H,55,63)(H,56,64). The van der Waals surface area contributed by atoms with Crippen molar-refractivity contribution in [3.8, 4) is 0 Å². The number of hydrogen-bond acceptors (Lipinski definition) is 8. The molecule has 16 heteroatoms. The zero-order valence-electron chi connectivity index (χ0n) is 42.4. The average Bonchev–Trinajstić information content (AvgIpc) is 3.30. The Bertz CT molecular complexity index is 1070. The summed E-state index contributed by atoms with van der Waals surface area (Å²) in [5, 5.41) is 17.2. The van der Waals surface area contributed by atoms with E-state index in [-0.39, 0.29) is 37.3 Å². The van der Waals surface area contributed by atoms with Gasteiger partial charge in [0.2, 0.25) is 0 Å². The molecule has 0 aromatic carbocycles. The van der Waals surface area contributed by atoms with E-state index in [9.17, 15) is 28.8 Å². The zero-order chi connectivity index (χ0) is 48.6. The van der Waals surface area contributed by atoms with Crippen LogP contribution in [0.1, 0.15) is 220 Å². The normalized spacial score (nSPS) is 10.8. The van der Waals surface area contributed by atoms with Crippen LogP contribution >= 0.6 is 0 Å². The Morgan fingerprint density at radius 2 is 0.515 bits per heavy atom.